The Morgan fingerprint density at radius 3 is 2.20 bits per heavy atom. The molecule has 2 rings (SSSR count). The third-order valence-corrected chi connectivity index (χ3v) is 2.49. The maximum absolute atomic E-state index is 13.3. The molecule has 2 nitrogen and oxygen atoms in total. The van der Waals surface area contributed by atoms with Gasteiger partial charge in [-0.15, -0.1) is 0 Å². The molecule has 20 heavy (non-hydrogen) atoms. The van der Waals surface area contributed by atoms with Gasteiger partial charge in [-0.05, 0) is 24.3 Å². The molecule has 0 aromatic heterocycles. The van der Waals surface area contributed by atoms with E-state index in [4.69, 9.17) is 0 Å². The molecule has 0 unspecified atom stereocenters. The van der Waals surface area contributed by atoms with Crippen molar-refractivity contribution < 1.29 is 27.1 Å². The number of halogens is 4. The van der Waals surface area contributed by atoms with Crippen LogP contribution in [0.5, 0.6) is 5.75 Å². The van der Waals surface area contributed by atoms with E-state index in [-0.39, 0.29) is 0 Å². The van der Waals surface area contributed by atoms with E-state index in [1.807, 2.05) is 0 Å². The van der Waals surface area contributed by atoms with Crippen LogP contribution in [0.25, 0.3) is 0 Å². The summed E-state index contributed by atoms with van der Waals surface area (Å²) in [7, 11) is 0. The molecule has 2 aromatic rings. The molecule has 0 N–H and O–H groups in total. The number of esters is 1. The van der Waals surface area contributed by atoms with Crippen LogP contribution in [0.15, 0.2) is 48.5 Å². The van der Waals surface area contributed by atoms with E-state index < -0.39 is 34.8 Å². The van der Waals surface area contributed by atoms with Gasteiger partial charge >= 0.3 is 12.1 Å². The predicted octanol–water partition coefficient (Wildman–Crippen LogP) is 4.06. The lowest BCUT2D eigenvalue weighted by Gasteiger charge is -2.12. The molecule has 0 radical (unpaired) electrons. The van der Waals surface area contributed by atoms with Gasteiger partial charge in [-0.2, -0.15) is 13.2 Å². The standard InChI is InChI=1S/C14H8F4O2/c15-11-7-3-4-8-12(11)20-13(19)9-5-1-2-6-10(9)14(16,17)18/h1-8H. The van der Waals surface area contributed by atoms with Gasteiger partial charge in [-0.3, -0.25) is 0 Å². The highest BCUT2D eigenvalue weighted by Crippen LogP contribution is 2.32. The summed E-state index contributed by atoms with van der Waals surface area (Å²) in [4.78, 5) is 11.7. The molecule has 0 fully saturated rings. The zero-order valence-corrected chi connectivity index (χ0v) is 9.95. The molecule has 104 valence electrons. The number of hydrogen-bond donors (Lipinski definition) is 0. The third-order valence-electron chi connectivity index (χ3n) is 2.49. The van der Waals surface area contributed by atoms with Gasteiger partial charge in [0, 0.05) is 0 Å². The average Bonchev–Trinajstić information content (AvgIpc) is 2.40. The number of ether oxygens (including phenoxy) is 1. The summed E-state index contributed by atoms with van der Waals surface area (Å²) in [5.41, 5.74) is -1.79. The van der Waals surface area contributed by atoms with Crippen molar-refractivity contribution in [3.8, 4) is 5.75 Å². The topological polar surface area (TPSA) is 26.3 Å². The maximum atomic E-state index is 13.3. The second-order valence-electron chi connectivity index (χ2n) is 3.86. The first-order valence-electron chi connectivity index (χ1n) is 5.52. The van der Waals surface area contributed by atoms with Gasteiger partial charge in [-0.25, -0.2) is 9.18 Å². The van der Waals surface area contributed by atoms with Crippen LogP contribution in [-0.4, -0.2) is 5.97 Å². The summed E-state index contributed by atoms with van der Waals surface area (Å²) >= 11 is 0. The quantitative estimate of drug-likeness (QED) is 0.472. The lowest BCUT2D eigenvalue weighted by Crippen LogP contribution is -2.17. The first-order chi connectivity index (χ1) is 9.39. The molecule has 0 heterocycles. The second kappa shape index (κ2) is 5.32. The van der Waals surface area contributed by atoms with Gasteiger partial charge in [-0.1, -0.05) is 24.3 Å². The third kappa shape index (κ3) is 2.96. The van der Waals surface area contributed by atoms with Crippen LogP contribution < -0.4 is 4.74 Å². The van der Waals surface area contributed by atoms with Crippen molar-refractivity contribution in [2.45, 2.75) is 6.18 Å². The van der Waals surface area contributed by atoms with Gasteiger partial charge in [0.05, 0.1) is 11.1 Å². The highest BCUT2D eigenvalue weighted by molar-refractivity contribution is 5.92. The molecule has 0 spiro atoms. The van der Waals surface area contributed by atoms with Gasteiger partial charge < -0.3 is 4.74 Å². The van der Waals surface area contributed by atoms with E-state index in [9.17, 15) is 22.4 Å². The molecule has 0 amide bonds. The summed E-state index contributed by atoms with van der Waals surface area (Å²) in [6, 6.07) is 9.14. The molecule has 0 atom stereocenters. The predicted molar refractivity (Wildman–Crippen MR) is 62.8 cm³/mol. The fourth-order valence-electron chi connectivity index (χ4n) is 1.59. The van der Waals surface area contributed by atoms with Crippen molar-refractivity contribution in [1.82, 2.24) is 0 Å². The number of alkyl halides is 3. The van der Waals surface area contributed by atoms with Crippen molar-refractivity contribution in [1.29, 1.82) is 0 Å². The number of rotatable bonds is 2. The van der Waals surface area contributed by atoms with Crippen LogP contribution >= 0.6 is 0 Å². The minimum Gasteiger partial charge on any atom is -0.420 e. The fourth-order valence-corrected chi connectivity index (χ4v) is 1.59. The summed E-state index contributed by atoms with van der Waals surface area (Å²) in [6.07, 6.45) is -4.69. The zero-order chi connectivity index (χ0) is 14.8. The Bertz CT molecular complexity index is 635. The van der Waals surface area contributed by atoms with E-state index in [0.717, 1.165) is 30.3 Å². The zero-order valence-electron chi connectivity index (χ0n) is 9.95. The first-order valence-corrected chi connectivity index (χ1v) is 5.52. The Morgan fingerprint density at radius 2 is 1.55 bits per heavy atom. The highest BCUT2D eigenvalue weighted by atomic mass is 19.4. The lowest BCUT2D eigenvalue weighted by molar-refractivity contribution is -0.138. The SMILES string of the molecule is O=C(Oc1ccccc1F)c1ccccc1C(F)(F)F. The van der Waals surface area contributed by atoms with Crippen LogP contribution in [0.4, 0.5) is 17.6 Å². The summed E-state index contributed by atoms with van der Waals surface area (Å²) in [5.74, 6) is -2.51. The molecule has 0 aliphatic carbocycles. The van der Waals surface area contributed by atoms with Crippen LogP contribution in [0.2, 0.25) is 0 Å². The Labute approximate surface area is 111 Å². The molecule has 2 aromatic carbocycles. The van der Waals surface area contributed by atoms with E-state index in [1.54, 1.807) is 0 Å². The number of carbonyl (C=O) groups is 1. The van der Waals surface area contributed by atoms with Crippen LogP contribution in [0.3, 0.4) is 0 Å². The largest absolute Gasteiger partial charge is 0.420 e. The maximum Gasteiger partial charge on any atom is 0.417 e. The van der Waals surface area contributed by atoms with Crippen molar-refractivity contribution in [3.63, 3.8) is 0 Å². The minimum absolute atomic E-state index is 0.422. The van der Waals surface area contributed by atoms with E-state index in [2.05, 4.69) is 4.74 Å². The minimum atomic E-state index is -4.69. The normalized spacial score (nSPS) is 11.2. The summed E-state index contributed by atoms with van der Waals surface area (Å²) < 4.78 is 56.2. The highest BCUT2D eigenvalue weighted by Gasteiger charge is 2.35. The van der Waals surface area contributed by atoms with Gasteiger partial charge in [0.2, 0.25) is 0 Å². The fraction of sp³-hybridized carbons (Fsp3) is 0.0714. The molecule has 0 aliphatic heterocycles. The van der Waals surface area contributed by atoms with Crippen molar-refractivity contribution in [3.05, 3.63) is 65.5 Å². The van der Waals surface area contributed by atoms with Gasteiger partial charge in [0.1, 0.15) is 0 Å². The second-order valence-corrected chi connectivity index (χ2v) is 3.86. The van der Waals surface area contributed by atoms with Crippen molar-refractivity contribution >= 4 is 5.97 Å². The van der Waals surface area contributed by atoms with Gasteiger partial charge in [0.25, 0.3) is 0 Å². The molecule has 0 bridgehead atoms. The number of para-hydroxylation sites is 1. The van der Waals surface area contributed by atoms with E-state index in [0.29, 0.717) is 0 Å². The summed E-state index contributed by atoms with van der Waals surface area (Å²) in [5, 5.41) is 0. The molecule has 0 aliphatic rings. The lowest BCUT2D eigenvalue weighted by atomic mass is 10.1. The Balaban J connectivity index is 2.34. The smallest absolute Gasteiger partial charge is 0.417 e. The average molecular weight is 284 g/mol. The van der Waals surface area contributed by atoms with E-state index in [1.165, 1.54) is 18.2 Å². The first kappa shape index (κ1) is 14.0. The molecular formula is C14H8F4O2. The van der Waals surface area contributed by atoms with E-state index >= 15 is 0 Å². The molecule has 6 heteroatoms. The number of carbonyl (C=O) groups excluding carboxylic acids is 1. The van der Waals surface area contributed by atoms with Crippen molar-refractivity contribution in [2.75, 3.05) is 0 Å². The monoisotopic (exact) mass is 284 g/mol. The number of benzene rings is 2. The molecular weight excluding hydrogens is 276 g/mol. The molecule has 0 saturated heterocycles. The Hall–Kier alpha value is -2.37. The number of hydrogen-bond acceptors (Lipinski definition) is 2. The molecule has 0 saturated carbocycles. The van der Waals surface area contributed by atoms with Gasteiger partial charge in [0.15, 0.2) is 11.6 Å². The van der Waals surface area contributed by atoms with Crippen molar-refractivity contribution in [2.24, 2.45) is 0 Å². The Kier molecular flexibility index (Phi) is 3.74. The summed E-state index contributed by atoms with van der Waals surface area (Å²) in [6.45, 7) is 0. The Morgan fingerprint density at radius 1 is 0.950 bits per heavy atom. The van der Waals surface area contributed by atoms with Crippen LogP contribution in [-0.2, 0) is 6.18 Å². The van der Waals surface area contributed by atoms with Crippen LogP contribution in [0.1, 0.15) is 15.9 Å². The van der Waals surface area contributed by atoms with Crippen LogP contribution in [0, 0.1) is 5.82 Å².